The third-order valence-corrected chi connectivity index (χ3v) is 4.28. The molecule has 0 saturated heterocycles. The van der Waals surface area contributed by atoms with Gasteiger partial charge in [0.2, 0.25) is 0 Å². The minimum Gasteiger partial charge on any atom is -0.504 e. The van der Waals surface area contributed by atoms with Crippen LogP contribution in [0.15, 0.2) is 36.4 Å². The summed E-state index contributed by atoms with van der Waals surface area (Å²) in [5.74, 6) is 0.529. The molecule has 1 aromatic heterocycles. The Hall–Kier alpha value is -2.93. The fourth-order valence-electron chi connectivity index (χ4n) is 2.19. The number of benzene rings is 2. The summed E-state index contributed by atoms with van der Waals surface area (Å²) in [5, 5.41) is 21.3. The summed E-state index contributed by atoms with van der Waals surface area (Å²) in [6.07, 6.45) is 3.69. The Morgan fingerprint density at radius 1 is 1.29 bits per heavy atom. The molecule has 0 aliphatic rings. The highest BCUT2D eigenvalue weighted by atomic mass is 32.1. The summed E-state index contributed by atoms with van der Waals surface area (Å²) >= 11 is 1.38. The van der Waals surface area contributed by atoms with Crippen LogP contribution in [-0.4, -0.2) is 21.6 Å². The predicted molar refractivity (Wildman–Crippen MR) is 94.5 cm³/mol. The van der Waals surface area contributed by atoms with E-state index in [1.165, 1.54) is 23.5 Å². The molecule has 7 heteroatoms. The number of nitro groups is 1. The Balaban J connectivity index is 1.87. The van der Waals surface area contributed by atoms with Crippen molar-refractivity contribution in [2.75, 3.05) is 6.61 Å². The van der Waals surface area contributed by atoms with E-state index in [1.54, 1.807) is 24.3 Å². The number of aromatic hydroxyl groups is 1. The maximum absolute atomic E-state index is 10.8. The molecular formula is C17H14N2O4S. The molecule has 3 rings (SSSR count). The van der Waals surface area contributed by atoms with Gasteiger partial charge in [-0.2, -0.15) is 0 Å². The Morgan fingerprint density at radius 2 is 2.12 bits per heavy atom. The lowest BCUT2D eigenvalue weighted by atomic mass is 10.2. The van der Waals surface area contributed by atoms with Crippen molar-refractivity contribution >= 4 is 39.4 Å². The van der Waals surface area contributed by atoms with Crippen LogP contribution in [0.2, 0.25) is 0 Å². The summed E-state index contributed by atoms with van der Waals surface area (Å²) in [6, 6.07) is 9.71. The maximum Gasteiger partial charge on any atom is 0.270 e. The Labute approximate surface area is 141 Å². The van der Waals surface area contributed by atoms with Crippen LogP contribution < -0.4 is 4.74 Å². The number of non-ortho nitro benzene ring substituents is 1. The number of hydrogen-bond donors (Lipinski definition) is 1. The van der Waals surface area contributed by atoms with Gasteiger partial charge in [0.15, 0.2) is 11.5 Å². The molecule has 0 bridgehead atoms. The first-order valence-electron chi connectivity index (χ1n) is 7.25. The molecule has 0 atom stereocenters. The van der Waals surface area contributed by atoms with Crippen molar-refractivity contribution in [3.05, 3.63) is 57.1 Å². The number of aromatic nitrogens is 1. The third kappa shape index (κ3) is 3.36. The molecule has 0 radical (unpaired) electrons. The summed E-state index contributed by atoms with van der Waals surface area (Å²) in [7, 11) is 0. The van der Waals surface area contributed by atoms with E-state index in [0.717, 1.165) is 20.8 Å². The Morgan fingerprint density at radius 3 is 2.88 bits per heavy atom. The van der Waals surface area contributed by atoms with Crippen LogP contribution in [0.4, 0.5) is 5.69 Å². The van der Waals surface area contributed by atoms with Gasteiger partial charge in [-0.3, -0.25) is 10.1 Å². The molecule has 0 spiro atoms. The average Bonchev–Trinajstić information content (AvgIpc) is 2.97. The van der Waals surface area contributed by atoms with Crippen molar-refractivity contribution in [1.82, 2.24) is 4.98 Å². The fourth-order valence-corrected chi connectivity index (χ4v) is 3.09. The van der Waals surface area contributed by atoms with Gasteiger partial charge in [-0.15, -0.1) is 11.3 Å². The van der Waals surface area contributed by atoms with Crippen LogP contribution >= 0.6 is 11.3 Å². The van der Waals surface area contributed by atoms with Crippen molar-refractivity contribution in [2.24, 2.45) is 0 Å². The maximum atomic E-state index is 10.8. The molecule has 0 fully saturated rings. The van der Waals surface area contributed by atoms with Gasteiger partial charge in [0, 0.05) is 12.1 Å². The number of nitrogens with zero attached hydrogens (tertiary/aromatic N) is 2. The van der Waals surface area contributed by atoms with E-state index in [4.69, 9.17) is 4.74 Å². The first-order chi connectivity index (χ1) is 11.6. The average molecular weight is 342 g/mol. The van der Waals surface area contributed by atoms with Crippen molar-refractivity contribution < 1.29 is 14.8 Å². The highest BCUT2D eigenvalue weighted by molar-refractivity contribution is 7.19. The second-order valence-electron chi connectivity index (χ2n) is 4.95. The SMILES string of the molecule is CCOc1cc(/C=C/c2nc3ccc([N+](=O)[O-])cc3s2)ccc1O. The van der Waals surface area contributed by atoms with Gasteiger partial charge in [0.1, 0.15) is 5.01 Å². The predicted octanol–water partition coefficient (Wildman–Crippen LogP) is 4.48. The zero-order valence-electron chi connectivity index (χ0n) is 12.8. The number of rotatable bonds is 5. The molecule has 0 aliphatic carbocycles. The largest absolute Gasteiger partial charge is 0.504 e. The van der Waals surface area contributed by atoms with Gasteiger partial charge in [-0.25, -0.2) is 4.98 Å². The zero-order valence-corrected chi connectivity index (χ0v) is 13.6. The van der Waals surface area contributed by atoms with Gasteiger partial charge < -0.3 is 9.84 Å². The van der Waals surface area contributed by atoms with Crippen LogP contribution in [0.3, 0.4) is 0 Å². The van der Waals surface area contributed by atoms with Gasteiger partial charge in [-0.05, 0) is 36.8 Å². The van der Waals surface area contributed by atoms with Crippen molar-refractivity contribution in [1.29, 1.82) is 0 Å². The standard InChI is InChI=1S/C17H14N2O4S/c1-2-23-15-9-11(3-7-14(15)20)4-8-17-18-13-6-5-12(19(21)22)10-16(13)24-17/h3-10,20H,2H2,1H3/b8-4+. The highest BCUT2D eigenvalue weighted by Crippen LogP contribution is 2.29. The molecule has 1 heterocycles. The second kappa shape index (κ2) is 6.67. The first kappa shape index (κ1) is 15.9. The van der Waals surface area contributed by atoms with E-state index in [-0.39, 0.29) is 11.4 Å². The van der Waals surface area contributed by atoms with Gasteiger partial charge >= 0.3 is 0 Å². The highest BCUT2D eigenvalue weighted by Gasteiger charge is 2.09. The Bertz CT molecular complexity index is 933. The first-order valence-corrected chi connectivity index (χ1v) is 8.07. The summed E-state index contributed by atoms with van der Waals surface area (Å²) in [5.41, 5.74) is 1.65. The molecule has 0 unspecified atom stereocenters. The van der Waals surface area contributed by atoms with Crippen molar-refractivity contribution in [3.63, 3.8) is 0 Å². The third-order valence-electron chi connectivity index (χ3n) is 3.30. The van der Waals surface area contributed by atoms with E-state index >= 15 is 0 Å². The normalized spacial score (nSPS) is 11.2. The number of ether oxygens (including phenoxy) is 1. The summed E-state index contributed by atoms with van der Waals surface area (Å²) < 4.78 is 6.12. The molecule has 24 heavy (non-hydrogen) atoms. The van der Waals surface area contributed by atoms with E-state index in [0.29, 0.717) is 12.4 Å². The van der Waals surface area contributed by atoms with Gasteiger partial charge in [0.05, 0.1) is 21.7 Å². The lowest BCUT2D eigenvalue weighted by molar-refractivity contribution is -0.384. The van der Waals surface area contributed by atoms with Crippen LogP contribution in [0.25, 0.3) is 22.4 Å². The minimum atomic E-state index is -0.416. The molecule has 6 nitrogen and oxygen atoms in total. The van der Waals surface area contributed by atoms with Crippen LogP contribution in [0, 0.1) is 10.1 Å². The topological polar surface area (TPSA) is 85.5 Å². The molecule has 0 amide bonds. The van der Waals surface area contributed by atoms with Crippen LogP contribution in [0.5, 0.6) is 11.5 Å². The van der Waals surface area contributed by atoms with E-state index in [2.05, 4.69) is 4.98 Å². The number of phenols is 1. The lowest BCUT2D eigenvalue weighted by Gasteiger charge is -2.05. The fraction of sp³-hybridized carbons (Fsp3) is 0.118. The van der Waals surface area contributed by atoms with Crippen molar-refractivity contribution in [3.8, 4) is 11.5 Å². The molecule has 2 aromatic carbocycles. The molecule has 0 saturated carbocycles. The number of nitro benzene ring substituents is 1. The smallest absolute Gasteiger partial charge is 0.270 e. The summed E-state index contributed by atoms with van der Waals surface area (Å²) in [6.45, 7) is 2.32. The number of thiazole rings is 1. The molecular weight excluding hydrogens is 328 g/mol. The van der Waals surface area contributed by atoms with Gasteiger partial charge in [0.25, 0.3) is 5.69 Å². The van der Waals surface area contributed by atoms with E-state index < -0.39 is 4.92 Å². The number of hydrogen-bond acceptors (Lipinski definition) is 6. The molecule has 0 aliphatic heterocycles. The molecule has 3 aromatic rings. The van der Waals surface area contributed by atoms with Crippen LogP contribution in [-0.2, 0) is 0 Å². The number of fused-ring (bicyclic) bond motifs is 1. The van der Waals surface area contributed by atoms with E-state index in [9.17, 15) is 15.2 Å². The van der Waals surface area contributed by atoms with Crippen LogP contribution in [0.1, 0.15) is 17.5 Å². The summed E-state index contributed by atoms with van der Waals surface area (Å²) in [4.78, 5) is 14.8. The minimum absolute atomic E-state index is 0.0570. The molecule has 122 valence electrons. The quantitative estimate of drug-likeness (QED) is 0.546. The van der Waals surface area contributed by atoms with Gasteiger partial charge in [-0.1, -0.05) is 12.1 Å². The number of phenolic OH excluding ortho intramolecular Hbond substituents is 1. The van der Waals surface area contributed by atoms with Crippen molar-refractivity contribution in [2.45, 2.75) is 6.92 Å². The lowest BCUT2D eigenvalue weighted by Crippen LogP contribution is -1.91. The zero-order chi connectivity index (χ0) is 17.1. The monoisotopic (exact) mass is 342 g/mol. The molecule has 1 N–H and O–H groups in total. The second-order valence-corrected chi connectivity index (χ2v) is 6.02. The van der Waals surface area contributed by atoms with E-state index in [1.807, 2.05) is 19.1 Å². The Kier molecular flexibility index (Phi) is 4.43.